The zero-order chi connectivity index (χ0) is 15.2. The largest absolute Gasteiger partial charge is 0.271 e. The molecule has 5 heteroatoms. The number of benzene rings is 2. The molecule has 0 saturated carbocycles. The van der Waals surface area contributed by atoms with Crippen LogP contribution < -0.4 is 11.3 Å². The van der Waals surface area contributed by atoms with Crippen LogP contribution in [0.15, 0.2) is 47.4 Å². The predicted molar refractivity (Wildman–Crippen MR) is 93.2 cm³/mol. The topological polar surface area (TPSA) is 38.0 Å². The van der Waals surface area contributed by atoms with Crippen molar-refractivity contribution < 1.29 is 0 Å². The Morgan fingerprint density at radius 3 is 2.52 bits per heavy atom. The number of halogens is 2. The zero-order valence-corrected chi connectivity index (χ0v) is 14.1. The first-order chi connectivity index (χ1) is 10.1. The Balaban J connectivity index is 1.97. The molecule has 21 heavy (non-hydrogen) atoms. The van der Waals surface area contributed by atoms with Crippen molar-refractivity contribution in [3.8, 4) is 0 Å². The molecular weight excluding hydrogens is 323 g/mol. The highest BCUT2D eigenvalue weighted by molar-refractivity contribution is 7.99. The number of hydrogen-bond acceptors (Lipinski definition) is 3. The molecule has 0 radical (unpaired) electrons. The molecular formula is C16H18Cl2N2S. The van der Waals surface area contributed by atoms with Crippen LogP contribution in [-0.2, 0) is 6.42 Å². The number of rotatable bonds is 6. The summed E-state index contributed by atoms with van der Waals surface area (Å²) in [6, 6.07) is 14.3. The average molecular weight is 341 g/mol. The van der Waals surface area contributed by atoms with Crippen molar-refractivity contribution in [2.24, 2.45) is 5.84 Å². The molecule has 1 unspecified atom stereocenters. The summed E-state index contributed by atoms with van der Waals surface area (Å²) in [4.78, 5) is 1.23. The van der Waals surface area contributed by atoms with Crippen molar-refractivity contribution in [1.82, 2.24) is 5.43 Å². The lowest BCUT2D eigenvalue weighted by Gasteiger charge is -2.16. The van der Waals surface area contributed by atoms with Gasteiger partial charge in [0, 0.05) is 16.7 Å². The highest BCUT2D eigenvalue weighted by Crippen LogP contribution is 2.27. The standard InChI is InChI=1S/C16H18Cl2N2S/c1-11-5-7-14(8-6-11)21-10-13(20-19)9-12-3-2-4-15(17)16(12)18/h2-8,13,20H,9-10,19H2,1H3. The van der Waals surface area contributed by atoms with Crippen LogP contribution in [0.4, 0.5) is 0 Å². The van der Waals surface area contributed by atoms with Gasteiger partial charge in [0.15, 0.2) is 0 Å². The van der Waals surface area contributed by atoms with Gasteiger partial charge in [-0.2, -0.15) is 0 Å². The van der Waals surface area contributed by atoms with E-state index in [0.717, 1.165) is 17.7 Å². The molecule has 0 aliphatic rings. The molecule has 1 atom stereocenters. The molecule has 2 nitrogen and oxygen atoms in total. The lowest BCUT2D eigenvalue weighted by atomic mass is 10.1. The van der Waals surface area contributed by atoms with Gasteiger partial charge in [0.25, 0.3) is 0 Å². The number of aryl methyl sites for hydroxylation is 1. The molecule has 2 aromatic carbocycles. The van der Waals surface area contributed by atoms with Gasteiger partial charge in [-0.3, -0.25) is 11.3 Å². The first-order valence-corrected chi connectivity index (χ1v) is 8.43. The van der Waals surface area contributed by atoms with Gasteiger partial charge in [0.05, 0.1) is 10.0 Å². The smallest absolute Gasteiger partial charge is 0.0624 e. The van der Waals surface area contributed by atoms with E-state index in [1.165, 1.54) is 10.5 Å². The van der Waals surface area contributed by atoms with Gasteiger partial charge >= 0.3 is 0 Å². The van der Waals surface area contributed by atoms with Crippen LogP contribution in [0.2, 0.25) is 10.0 Å². The van der Waals surface area contributed by atoms with Crippen molar-refractivity contribution >= 4 is 35.0 Å². The Kier molecular flexibility index (Phi) is 6.40. The second-order valence-corrected chi connectivity index (χ2v) is 6.78. The second kappa shape index (κ2) is 8.06. The van der Waals surface area contributed by atoms with E-state index >= 15 is 0 Å². The minimum absolute atomic E-state index is 0.132. The molecule has 0 spiro atoms. The Morgan fingerprint density at radius 2 is 1.86 bits per heavy atom. The fraction of sp³-hybridized carbons (Fsp3) is 0.250. The molecule has 0 amide bonds. The van der Waals surface area contributed by atoms with E-state index in [4.69, 9.17) is 29.0 Å². The summed E-state index contributed by atoms with van der Waals surface area (Å²) in [6.45, 7) is 2.08. The summed E-state index contributed by atoms with van der Waals surface area (Å²) in [7, 11) is 0. The Labute approximate surface area is 140 Å². The number of nitrogens with two attached hydrogens (primary N) is 1. The number of thioether (sulfide) groups is 1. The Bertz CT molecular complexity index is 587. The van der Waals surface area contributed by atoms with E-state index in [1.54, 1.807) is 17.8 Å². The molecule has 0 aliphatic carbocycles. The maximum atomic E-state index is 6.22. The first kappa shape index (κ1) is 16.7. The third-order valence-electron chi connectivity index (χ3n) is 3.21. The average Bonchev–Trinajstić information content (AvgIpc) is 2.49. The van der Waals surface area contributed by atoms with Crippen LogP contribution in [0.1, 0.15) is 11.1 Å². The number of nitrogens with one attached hydrogen (secondary N) is 1. The third kappa shape index (κ3) is 4.90. The minimum Gasteiger partial charge on any atom is -0.271 e. The van der Waals surface area contributed by atoms with E-state index in [-0.39, 0.29) is 6.04 Å². The molecule has 2 rings (SSSR count). The highest BCUT2D eigenvalue weighted by atomic mass is 35.5. The predicted octanol–water partition coefficient (Wildman–Crippen LogP) is 4.47. The minimum atomic E-state index is 0.132. The van der Waals surface area contributed by atoms with Crippen LogP contribution in [0.3, 0.4) is 0 Å². The molecule has 112 valence electrons. The van der Waals surface area contributed by atoms with Crippen molar-refractivity contribution in [2.75, 3.05) is 5.75 Å². The van der Waals surface area contributed by atoms with Gasteiger partial charge in [-0.25, -0.2) is 0 Å². The third-order valence-corrected chi connectivity index (χ3v) is 5.24. The molecule has 0 bridgehead atoms. The monoisotopic (exact) mass is 340 g/mol. The molecule has 2 aromatic rings. The van der Waals surface area contributed by atoms with E-state index < -0.39 is 0 Å². The SMILES string of the molecule is Cc1ccc(SCC(Cc2cccc(Cl)c2Cl)NN)cc1. The van der Waals surface area contributed by atoms with Crippen LogP contribution in [0.5, 0.6) is 0 Å². The fourth-order valence-corrected chi connectivity index (χ4v) is 3.30. The molecule has 3 N–H and O–H groups in total. The maximum absolute atomic E-state index is 6.22. The van der Waals surface area contributed by atoms with E-state index in [9.17, 15) is 0 Å². The van der Waals surface area contributed by atoms with Crippen molar-refractivity contribution in [2.45, 2.75) is 24.3 Å². The van der Waals surface area contributed by atoms with Crippen LogP contribution in [-0.4, -0.2) is 11.8 Å². The van der Waals surface area contributed by atoms with E-state index in [0.29, 0.717) is 10.0 Å². The molecule has 0 heterocycles. The zero-order valence-electron chi connectivity index (χ0n) is 11.8. The van der Waals surface area contributed by atoms with E-state index in [2.05, 4.69) is 36.6 Å². The van der Waals surface area contributed by atoms with Gasteiger partial charge < -0.3 is 0 Å². The summed E-state index contributed by atoms with van der Waals surface area (Å²) in [5, 5.41) is 1.19. The van der Waals surface area contributed by atoms with Crippen LogP contribution in [0.25, 0.3) is 0 Å². The second-order valence-electron chi connectivity index (χ2n) is 4.90. The lowest BCUT2D eigenvalue weighted by molar-refractivity contribution is 0.575. The van der Waals surface area contributed by atoms with Crippen LogP contribution >= 0.6 is 35.0 Å². The normalized spacial score (nSPS) is 12.4. The summed E-state index contributed by atoms with van der Waals surface area (Å²) >= 11 is 14.0. The Morgan fingerprint density at radius 1 is 1.14 bits per heavy atom. The lowest BCUT2D eigenvalue weighted by Crippen LogP contribution is -2.38. The Hall–Kier alpha value is -0.710. The molecule has 0 aromatic heterocycles. The highest BCUT2D eigenvalue weighted by Gasteiger charge is 2.12. The summed E-state index contributed by atoms with van der Waals surface area (Å²) in [6.07, 6.45) is 0.745. The maximum Gasteiger partial charge on any atom is 0.0624 e. The van der Waals surface area contributed by atoms with Gasteiger partial charge in [0.1, 0.15) is 0 Å². The number of hydrogen-bond donors (Lipinski definition) is 2. The quantitative estimate of drug-likeness (QED) is 0.463. The van der Waals surface area contributed by atoms with Crippen LogP contribution in [0, 0.1) is 6.92 Å². The summed E-state index contributed by atoms with van der Waals surface area (Å²) in [5.41, 5.74) is 5.13. The number of hydrazine groups is 1. The van der Waals surface area contributed by atoms with Gasteiger partial charge in [-0.1, -0.05) is 53.0 Å². The van der Waals surface area contributed by atoms with Crippen molar-refractivity contribution in [3.63, 3.8) is 0 Å². The molecule has 0 fully saturated rings. The van der Waals surface area contributed by atoms with Gasteiger partial charge in [0.2, 0.25) is 0 Å². The fourth-order valence-electron chi connectivity index (χ4n) is 1.97. The summed E-state index contributed by atoms with van der Waals surface area (Å²) in [5.74, 6) is 6.52. The van der Waals surface area contributed by atoms with Gasteiger partial charge in [-0.05, 0) is 37.1 Å². The summed E-state index contributed by atoms with van der Waals surface area (Å²) < 4.78 is 0. The first-order valence-electron chi connectivity index (χ1n) is 6.68. The molecule has 0 aliphatic heterocycles. The molecule has 0 saturated heterocycles. The van der Waals surface area contributed by atoms with Crippen molar-refractivity contribution in [1.29, 1.82) is 0 Å². The van der Waals surface area contributed by atoms with E-state index in [1.807, 2.05) is 12.1 Å². The van der Waals surface area contributed by atoms with Gasteiger partial charge in [-0.15, -0.1) is 11.8 Å². The van der Waals surface area contributed by atoms with Crippen molar-refractivity contribution in [3.05, 3.63) is 63.6 Å².